The van der Waals surface area contributed by atoms with E-state index >= 15 is 0 Å². The van der Waals surface area contributed by atoms with Crippen molar-refractivity contribution in [2.24, 2.45) is 0 Å². The summed E-state index contributed by atoms with van der Waals surface area (Å²) < 4.78 is 3.52. The number of rotatable bonds is 4. The van der Waals surface area contributed by atoms with Gasteiger partial charge in [-0.3, -0.25) is 14.2 Å². The standard InChI is InChI=1S/C16H21N3O2/c1-6-18-11(3)8-14(12(18)4)15(20)9-19-13(5)17-10(2)7-16(19)21/h7-8H,6,9H2,1-5H3. The molecule has 0 bridgehead atoms. The minimum absolute atomic E-state index is 0.0337. The number of aromatic nitrogens is 3. The van der Waals surface area contributed by atoms with Crippen LogP contribution in [0.3, 0.4) is 0 Å². The van der Waals surface area contributed by atoms with Crippen LogP contribution in [0, 0.1) is 27.7 Å². The van der Waals surface area contributed by atoms with E-state index in [1.54, 1.807) is 13.8 Å². The Hall–Kier alpha value is -2.17. The Morgan fingerprint density at radius 1 is 1.14 bits per heavy atom. The molecule has 0 aromatic carbocycles. The average Bonchev–Trinajstić information content (AvgIpc) is 2.68. The van der Waals surface area contributed by atoms with E-state index in [9.17, 15) is 9.59 Å². The van der Waals surface area contributed by atoms with Crippen molar-refractivity contribution < 1.29 is 4.79 Å². The summed E-state index contributed by atoms with van der Waals surface area (Å²) in [6.45, 7) is 10.4. The normalized spacial score (nSPS) is 10.9. The summed E-state index contributed by atoms with van der Waals surface area (Å²) >= 11 is 0. The summed E-state index contributed by atoms with van der Waals surface area (Å²) in [5.41, 5.74) is 3.18. The van der Waals surface area contributed by atoms with Crippen LogP contribution in [0.25, 0.3) is 0 Å². The van der Waals surface area contributed by atoms with Gasteiger partial charge in [0.25, 0.3) is 5.56 Å². The van der Waals surface area contributed by atoms with Gasteiger partial charge in [0, 0.05) is 35.3 Å². The number of carbonyl (C=O) groups is 1. The molecule has 0 aliphatic carbocycles. The summed E-state index contributed by atoms with van der Waals surface area (Å²) in [4.78, 5) is 28.8. The number of ketones is 1. The minimum atomic E-state index is -0.183. The molecule has 2 aromatic heterocycles. The Morgan fingerprint density at radius 2 is 1.81 bits per heavy atom. The third-order valence-electron chi connectivity index (χ3n) is 3.82. The van der Waals surface area contributed by atoms with E-state index in [4.69, 9.17) is 0 Å². The van der Waals surface area contributed by atoms with Crippen molar-refractivity contribution in [3.63, 3.8) is 0 Å². The number of hydrogen-bond acceptors (Lipinski definition) is 3. The molecule has 0 N–H and O–H groups in total. The first-order chi connectivity index (χ1) is 9.85. The van der Waals surface area contributed by atoms with Gasteiger partial charge in [0.2, 0.25) is 0 Å². The molecule has 0 aliphatic rings. The molecule has 0 spiro atoms. The van der Waals surface area contributed by atoms with Crippen molar-refractivity contribution in [2.75, 3.05) is 0 Å². The van der Waals surface area contributed by atoms with E-state index in [1.807, 2.05) is 26.8 Å². The summed E-state index contributed by atoms with van der Waals surface area (Å²) in [6, 6.07) is 3.35. The Kier molecular flexibility index (Phi) is 4.11. The molecule has 0 aliphatic heterocycles. The average molecular weight is 287 g/mol. The van der Waals surface area contributed by atoms with Crippen LogP contribution >= 0.6 is 0 Å². The van der Waals surface area contributed by atoms with Crippen molar-refractivity contribution in [1.29, 1.82) is 0 Å². The van der Waals surface area contributed by atoms with Crippen LogP contribution in [-0.4, -0.2) is 19.9 Å². The van der Waals surface area contributed by atoms with Crippen LogP contribution in [0.4, 0.5) is 0 Å². The van der Waals surface area contributed by atoms with Gasteiger partial charge in [0.1, 0.15) is 5.82 Å². The van der Waals surface area contributed by atoms with E-state index in [0.717, 1.165) is 17.9 Å². The van der Waals surface area contributed by atoms with Gasteiger partial charge in [0.05, 0.1) is 6.54 Å². The summed E-state index contributed by atoms with van der Waals surface area (Å²) in [7, 11) is 0. The van der Waals surface area contributed by atoms with Crippen molar-refractivity contribution in [2.45, 2.75) is 47.7 Å². The van der Waals surface area contributed by atoms with Crippen molar-refractivity contribution in [1.82, 2.24) is 14.1 Å². The molecular formula is C16H21N3O2. The number of carbonyl (C=O) groups excluding carboxylic acids is 1. The lowest BCUT2D eigenvalue weighted by molar-refractivity contribution is 0.0968. The van der Waals surface area contributed by atoms with E-state index in [-0.39, 0.29) is 17.9 Å². The van der Waals surface area contributed by atoms with Crippen molar-refractivity contribution >= 4 is 5.78 Å². The van der Waals surface area contributed by atoms with Crippen LogP contribution in [0.5, 0.6) is 0 Å². The van der Waals surface area contributed by atoms with E-state index < -0.39 is 0 Å². The highest BCUT2D eigenvalue weighted by Crippen LogP contribution is 2.16. The molecule has 5 heteroatoms. The Labute approximate surface area is 124 Å². The Bertz CT molecular complexity index is 754. The largest absolute Gasteiger partial charge is 0.349 e. The molecular weight excluding hydrogens is 266 g/mol. The Balaban J connectivity index is 2.38. The van der Waals surface area contributed by atoms with Gasteiger partial charge < -0.3 is 4.57 Å². The zero-order valence-electron chi connectivity index (χ0n) is 13.2. The van der Waals surface area contributed by atoms with Crippen molar-refractivity contribution in [3.8, 4) is 0 Å². The Morgan fingerprint density at radius 3 is 2.33 bits per heavy atom. The highest BCUT2D eigenvalue weighted by molar-refractivity contribution is 5.97. The zero-order valence-corrected chi connectivity index (χ0v) is 13.2. The first-order valence-electron chi connectivity index (χ1n) is 7.10. The molecule has 2 rings (SSSR count). The molecule has 0 atom stereocenters. The van der Waals surface area contributed by atoms with Gasteiger partial charge in [-0.05, 0) is 40.7 Å². The van der Waals surface area contributed by atoms with Crippen LogP contribution in [0.1, 0.15) is 40.2 Å². The summed E-state index contributed by atoms with van der Waals surface area (Å²) in [5.74, 6) is 0.510. The second kappa shape index (κ2) is 5.68. The first kappa shape index (κ1) is 15.2. The maximum Gasteiger partial charge on any atom is 0.254 e. The predicted octanol–water partition coefficient (Wildman–Crippen LogP) is 2.18. The second-order valence-electron chi connectivity index (χ2n) is 5.32. The van der Waals surface area contributed by atoms with Gasteiger partial charge >= 0.3 is 0 Å². The first-order valence-corrected chi connectivity index (χ1v) is 7.10. The zero-order chi connectivity index (χ0) is 15.7. The molecule has 2 heterocycles. The molecule has 0 radical (unpaired) electrons. The lowest BCUT2D eigenvalue weighted by Gasteiger charge is -2.09. The van der Waals surface area contributed by atoms with Crippen LogP contribution < -0.4 is 5.56 Å². The molecule has 0 unspecified atom stereocenters. The lowest BCUT2D eigenvalue weighted by atomic mass is 10.1. The number of aryl methyl sites for hydroxylation is 3. The molecule has 2 aromatic rings. The second-order valence-corrected chi connectivity index (χ2v) is 5.32. The topological polar surface area (TPSA) is 56.9 Å². The number of Topliss-reactive ketones (excluding diaryl/α,β-unsaturated/α-hetero) is 1. The monoisotopic (exact) mass is 287 g/mol. The third-order valence-corrected chi connectivity index (χ3v) is 3.82. The molecule has 0 fully saturated rings. The fraction of sp³-hybridized carbons (Fsp3) is 0.438. The van der Waals surface area contributed by atoms with Crippen LogP contribution in [0.2, 0.25) is 0 Å². The smallest absolute Gasteiger partial charge is 0.254 e. The van der Waals surface area contributed by atoms with Gasteiger partial charge in [-0.2, -0.15) is 0 Å². The minimum Gasteiger partial charge on any atom is -0.349 e. The lowest BCUT2D eigenvalue weighted by Crippen LogP contribution is -2.27. The van der Waals surface area contributed by atoms with Gasteiger partial charge in [-0.15, -0.1) is 0 Å². The quantitative estimate of drug-likeness (QED) is 0.810. The number of nitrogens with zero attached hydrogens (tertiary/aromatic N) is 3. The molecule has 0 saturated heterocycles. The van der Waals surface area contributed by atoms with E-state index in [1.165, 1.54) is 10.6 Å². The fourth-order valence-corrected chi connectivity index (χ4v) is 2.76. The van der Waals surface area contributed by atoms with Gasteiger partial charge in [-0.1, -0.05) is 0 Å². The SMILES string of the molecule is CCn1c(C)cc(C(=O)Cn2c(C)nc(C)cc2=O)c1C. The fourth-order valence-electron chi connectivity index (χ4n) is 2.76. The van der Waals surface area contributed by atoms with Crippen LogP contribution in [-0.2, 0) is 13.1 Å². The van der Waals surface area contributed by atoms with Crippen molar-refractivity contribution in [3.05, 3.63) is 51.0 Å². The molecule has 21 heavy (non-hydrogen) atoms. The van der Waals surface area contributed by atoms with Gasteiger partial charge in [-0.25, -0.2) is 4.98 Å². The van der Waals surface area contributed by atoms with E-state index in [0.29, 0.717) is 17.1 Å². The summed E-state index contributed by atoms with van der Waals surface area (Å²) in [6.07, 6.45) is 0. The van der Waals surface area contributed by atoms with Crippen LogP contribution in [0.15, 0.2) is 16.9 Å². The van der Waals surface area contributed by atoms with Gasteiger partial charge in [0.15, 0.2) is 5.78 Å². The maximum absolute atomic E-state index is 12.5. The van der Waals surface area contributed by atoms with E-state index in [2.05, 4.69) is 9.55 Å². The number of hydrogen-bond donors (Lipinski definition) is 0. The molecule has 0 amide bonds. The predicted molar refractivity (Wildman–Crippen MR) is 81.9 cm³/mol. The molecule has 5 nitrogen and oxygen atoms in total. The third kappa shape index (κ3) is 2.82. The summed E-state index contributed by atoms with van der Waals surface area (Å²) in [5, 5.41) is 0. The highest BCUT2D eigenvalue weighted by atomic mass is 16.1. The molecule has 112 valence electrons. The molecule has 0 saturated carbocycles. The maximum atomic E-state index is 12.5. The highest BCUT2D eigenvalue weighted by Gasteiger charge is 2.16.